The number of thiazole rings is 1. The number of nitrogens with zero attached hydrogens (tertiary/aromatic N) is 3. The number of rotatable bonds is 4. The first-order chi connectivity index (χ1) is 14.1. The van der Waals surface area contributed by atoms with Crippen LogP contribution >= 0.6 is 11.3 Å². The van der Waals surface area contributed by atoms with Crippen molar-refractivity contribution in [2.24, 2.45) is 0 Å². The summed E-state index contributed by atoms with van der Waals surface area (Å²) in [4.78, 5) is 12.5. The van der Waals surface area contributed by atoms with E-state index >= 15 is 0 Å². The topological polar surface area (TPSA) is 72.8 Å². The number of alkyl halides is 3. The third kappa shape index (κ3) is 3.92. The summed E-state index contributed by atoms with van der Waals surface area (Å²) >= 11 is 1.26. The van der Waals surface area contributed by atoms with Crippen LogP contribution in [-0.2, 0) is 21.8 Å². The molecule has 2 heterocycles. The molecule has 0 atom stereocenters. The Morgan fingerprint density at radius 1 is 1.03 bits per heavy atom. The Bertz CT molecular complexity index is 1340. The Kier molecular flexibility index (Phi) is 5.07. The maximum Gasteiger partial charge on any atom is 0.416 e. The van der Waals surface area contributed by atoms with Crippen molar-refractivity contribution >= 4 is 32.1 Å². The van der Waals surface area contributed by atoms with Gasteiger partial charge >= 0.3 is 6.18 Å². The smallest absolute Gasteiger partial charge is 0.249 e. The second-order valence-corrected chi connectivity index (χ2v) is 9.58. The highest BCUT2D eigenvalue weighted by molar-refractivity contribution is 7.90. The van der Waals surface area contributed by atoms with E-state index in [1.54, 1.807) is 24.6 Å². The molecule has 0 saturated heterocycles. The standard InChI is InChI=1S/C20H14F3N3O2S2/c1-12-8-13(20(21,22)23)2-4-15(12)19-16-5-3-14(9-17(16)25-11-26-19)30(27,28)10-18-24-6-7-29-18/h2-9,11H,10H2,1H3. The van der Waals surface area contributed by atoms with E-state index < -0.39 is 21.6 Å². The van der Waals surface area contributed by atoms with Crippen molar-refractivity contribution in [3.05, 3.63) is 70.4 Å². The molecule has 0 aliphatic carbocycles. The molecule has 0 unspecified atom stereocenters. The Balaban J connectivity index is 1.77. The van der Waals surface area contributed by atoms with Gasteiger partial charge in [0.1, 0.15) is 17.1 Å². The van der Waals surface area contributed by atoms with Gasteiger partial charge in [0, 0.05) is 22.5 Å². The minimum Gasteiger partial charge on any atom is -0.249 e. The molecule has 0 bridgehead atoms. The quantitative estimate of drug-likeness (QED) is 0.436. The second-order valence-electron chi connectivity index (χ2n) is 6.61. The average molecular weight is 449 g/mol. The van der Waals surface area contributed by atoms with E-state index in [9.17, 15) is 21.6 Å². The van der Waals surface area contributed by atoms with Crippen molar-refractivity contribution in [3.8, 4) is 11.3 Å². The molecule has 4 rings (SSSR count). The first kappa shape index (κ1) is 20.4. The average Bonchev–Trinajstić information content (AvgIpc) is 3.18. The van der Waals surface area contributed by atoms with Crippen molar-refractivity contribution in [1.29, 1.82) is 0 Å². The van der Waals surface area contributed by atoms with Gasteiger partial charge in [-0.1, -0.05) is 6.07 Å². The Morgan fingerprint density at radius 3 is 2.50 bits per heavy atom. The molecule has 2 aromatic carbocycles. The van der Waals surface area contributed by atoms with Gasteiger partial charge < -0.3 is 0 Å². The highest BCUT2D eigenvalue weighted by Gasteiger charge is 2.31. The fourth-order valence-electron chi connectivity index (χ4n) is 3.12. The monoisotopic (exact) mass is 449 g/mol. The molecular weight excluding hydrogens is 435 g/mol. The molecule has 0 aliphatic heterocycles. The maximum atomic E-state index is 13.0. The largest absolute Gasteiger partial charge is 0.416 e. The van der Waals surface area contributed by atoms with Crippen LogP contribution in [0.2, 0.25) is 0 Å². The van der Waals surface area contributed by atoms with E-state index in [0.717, 1.165) is 12.1 Å². The number of halogens is 3. The lowest BCUT2D eigenvalue weighted by molar-refractivity contribution is -0.137. The molecule has 0 N–H and O–H groups in total. The van der Waals surface area contributed by atoms with Crippen molar-refractivity contribution in [1.82, 2.24) is 15.0 Å². The molecule has 0 aliphatic rings. The number of hydrogen-bond donors (Lipinski definition) is 0. The van der Waals surface area contributed by atoms with Crippen LogP contribution < -0.4 is 0 Å². The fraction of sp³-hybridized carbons (Fsp3) is 0.150. The van der Waals surface area contributed by atoms with Gasteiger partial charge in [-0.05, 0) is 42.8 Å². The van der Waals surface area contributed by atoms with Crippen LogP contribution in [0.5, 0.6) is 0 Å². The van der Waals surface area contributed by atoms with Crippen LogP contribution in [0, 0.1) is 6.92 Å². The fourth-order valence-corrected chi connectivity index (χ4v) is 5.39. The van der Waals surface area contributed by atoms with Crippen molar-refractivity contribution in [2.45, 2.75) is 23.7 Å². The zero-order valence-electron chi connectivity index (χ0n) is 15.5. The zero-order valence-corrected chi connectivity index (χ0v) is 17.1. The Hall–Kier alpha value is -2.85. The van der Waals surface area contributed by atoms with Crippen molar-refractivity contribution in [2.75, 3.05) is 0 Å². The first-order valence-electron chi connectivity index (χ1n) is 8.69. The lowest BCUT2D eigenvalue weighted by Gasteiger charge is -2.12. The Morgan fingerprint density at radius 2 is 1.83 bits per heavy atom. The normalized spacial score (nSPS) is 12.4. The van der Waals surface area contributed by atoms with Crippen LogP contribution in [0.3, 0.4) is 0 Å². The van der Waals surface area contributed by atoms with Gasteiger partial charge in [-0.15, -0.1) is 11.3 Å². The highest BCUT2D eigenvalue weighted by atomic mass is 32.2. The molecule has 0 spiro atoms. The summed E-state index contributed by atoms with van der Waals surface area (Å²) in [5.41, 5.74) is 1.02. The molecule has 5 nitrogen and oxygen atoms in total. The maximum absolute atomic E-state index is 13.0. The predicted octanol–water partition coefficient (Wildman–Crippen LogP) is 5.05. The number of fused-ring (bicyclic) bond motifs is 1. The highest BCUT2D eigenvalue weighted by Crippen LogP contribution is 2.35. The van der Waals surface area contributed by atoms with Crippen LogP contribution in [0.15, 0.2) is 59.2 Å². The van der Waals surface area contributed by atoms with E-state index in [1.165, 1.54) is 35.9 Å². The third-order valence-electron chi connectivity index (χ3n) is 4.57. The van der Waals surface area contributed by atoms with Crippen molar-refractivity contribution in [3.63, 3.8) is 0 Å². The number of sulfone groups is 1. The zero-order chi connectivity index (χ0) is 21.5. The summed E-state index contributed by atoms with van der Waals surface area (Å²) in [7, 11) is -3.62. The number of benzene rings is 2. The molecule has 0 saturated carbocycles. The van der Waals surface area contributed by atoms with Gasteiger partial charge in [0.2, 0.25) is 0 Å². The predicted molar refractivity (Wildman–Crippen MR) is 108 cm³/mol. The Labute approximate surface area is 174 Å². The van der Waals surface area contributed by atoms with Gasteiger partial charge in [-0.2, -0.15) is 13.2 Å². The van der Waals surface area contributed by atoms with Crippen molar-refractivity contribution < 1.29 is 21.6 Å². The molecule has 4 aromatic rings. The summed E-state index contributed by atoms with van der Waals surface area (Å²) in [6.45, 7) is 1.57. The van der Waals surface area contributed by atoms with E-state index in [-0.39, 0.29) is 10.6 Å². The van der Waals surface area contributed by atoms with Gasteiger partial charge in [0.25, 0.3) is 0 Å². The lowest BCUT2D eigenvalue weighted by Crippen LogP contribution is -2.06. The summed E-state index contributed by atoms with van der Waals surface area (Å²) in [5.74, 6) is -0.216. The molecular formula is C20H14F3N3O2S2. The molecule has 0 radical (unpaired) electrons. The van der Waals surface area contributed by atoms with Crippen LogP contribution in [0.25, 0.3) is 22.2 Å². The van der Waals surface area contributed by atoms with Gasteiger partial charge in [0.15, 0.2) is 9.84 Å². The SMILES string of the molecule is Cc1cc(C(F)(F)F)ccc1-c1ncnc2cc(S(=O)(=O)Cc3nccs3)ccc12. The van der Waals surface area contributed by atoms with Gasteiger partial charge in [-0.3, -0.25) is 0 Å². The van der Waals surface area contributed by atoms with Crippen LogP contribution in [0.1, 0.15) is 16.1 Å². The number of hydrogen-bond acceptors (Lipinski definition) is 6. The van der Waals surface area contributed by atoms with E-state index in [0.29, 0.717) is 32.7 Å². The summed E-state index contributed by atoms with van der Waals surface area (Å²) in [6, 6.07) is 7.92. The van der Waals surface area contributed by atoms with Gasteiger partial charge in [-0.25, -0.2) is 23.4 Å². The summed E-state index contributed by atoms with van der Waals surface area (Å²) in [5, 5.41) is 2.74. The third-order valence-corrected chi connectivity index (χ3v) is 7.16. The second kappa shape index (κ2) is 7.44. The number of aromatic nitrogens is 3. The molecule has 2 aromatic heterocycles. The minimum atomic E-state index is -4.43. The molecule has 154 valence electrons. The van der Waals surface area contributed by atoms with Crippen LogP contribution in [-0.4, -0.2) is 23.4 Å². The van der Waals surface area contributed by atoms with Crippen LogP contribution in [0.4, 0.5) is 13.2 Å². The molecule has 30 heavy (non-hydrogen) atoms. The number of aryl methyl sites for hydroxylation is 1. The van der Waals surface area contributed by atoms with E-state index in [4.69, 9.17) is 0 Å². The lowest BCUT2D eigenvalue weighted by atomic mass is 9.99. The molecule has 0 fully saturated rings. The summed E-state index contributed by atoms with van der Waals surface area (Å²) in [6.07, 6.45) is -1.62. The van der Waals surface area contributed by atoms with E-state index in [2.05, 4.69) is 15.0 Å². The molecule has 0 amide bonds. The molecule has 10 heteroatoms. The summed E-state index contributed by atoms with van der Waals surface area (Å²) < 4.78 is 64.3. The van der Waals surface area contributed by atoms with Gasteiger partial charge in [0.05, 0.1) is 21.7 Å². The first-order valence-corrected chi connectivity index (χ1v) is 11.2. The minimum absolute atomic E-state index is 0.0963. The van der Waals surface area contributed by atoms with E-state index in [1.807, 2.05) is 0 Å².